The van der Waals surface area contributed by atoms with E-state index in [2.05, 4.69) is 57.4 Å². The number of ether oxygens (including phenoxy) is 1. The minimum atomic E-state index is 0.584. The van der Waals surface area contributed by atoms with Crippen molar-refractivity contribution in [3.05, 3.63) is 58.1 Å². The molecule has 0 amide bonds. The van der Waals surface area contributed by atoms with E-state index in [1.54, 1.807) is 16.4 Å². The molecule has 0 spiro atoms. The summed E-state index contributed by atoms with van der Waals surface area (Å²) in [6.45, 7) is 4.76. The maximum atomic E-state index is 5.74. The molecular weight excluding hydrogens is 388 g/mol. The quantitative estimate of drug-likeness (QED) is 0.454. The number of aryl methyl sites for hydroxylation is 2. The highest BCUT2D eigenvalue weighted by Gasteiger charge is 2.09. The molecule has 0 radical (unpaired) electrons. The number of halogens is 1. The Morgan fingerprint density at radius 2 is 2.00 bits per heavy atom. The van der Waals surface area contributed by atoms with E-state index < -0.39 is 0 Å². The number of benzene rings is 2. The van der Waals surface area contributed by atoms with Crippen LogP contribution in [-0.4, -0.2) is 32.6 Å². The second kappa shape index (κ2) is 7.81. The van der Waals surface area contributed by atoms with Crippen LogP contribution in [0.15, 0.2) is 52.1 Å². The van der Waals surface area contributed by atoms with E-state index in [4.69, 9.17) is 4.74 Å². The number of hydrogen-bond donors (Lipinski definition) is 0. The fraction of sp³-hybridized carbons (Fsp3) is 0.235. The van der Waals surface area contributed by atoms with Crippen molar-refractivity contribution in [3.63, 3.8) is 0 Å². The summed E-state index contributed by atoms with van der Waals surface area (Å²) < 4.78 is 8.50. The fourth-order valence-electron chi connectivity index (χ4n) is 2.14. The Balaban J connectivity index is 1.60. The lowest BCUT2D eigenvalue weighted by molar-refractivity contribution is 0.343. The molecule has 3 aromatic rings. The number of thioether (sulfide) groups is 1. The van der Waals surface area contributed by atoms with Crippen LogP contribution in [0.4, 0.5) is 0 Å². The first kappa shape index (κ1) is 17.0. The number of rotatable bonds is 6. The molecule has 0 saturated carbocycles. The topological polar surface area (TPSA) is 52.8 Å². The van der Waals surface area contributed by atoms with Crippen molar-refractivity contribution in [2.24, 2.45) is 0 Å². The van der Waals surface area contributed by atoms with Gasteiger partial charge in [0.05, 0.1) is 12.3 Å². The van der Waals surface area contributed by atoms with Gasteiger partial charge in [0.15, 0.2) is 0 Å². The molecule has 5 nitrogen and oxygen atoms in total. The Kier molecular flexibility index (Phi) is 5.52. The molecule has 24 heavy (non-hydrogen) atoms. The molecule has 0 aliphatic carbocycles. The molecule has 2 aromatic carbocycles. The Bertz CT molecular complexity index is 837. The summed E-state index contributed by atoms with van der Waals surface area (Å²) in [4.78, 5) is 0. The predicted molar refractivity (Wildman–Crippen MR) is 99.0 cm³/mol. The Morgan fingerprint density at radius 1 is 1.12 bits per heavy atom. The average Bonchev–Trinajstić information content (AvgIpc) is 3.03. The minimum absolute atomic E-state index is 0.584. The third kappa shape index (κ3) is 4.15. The maximum absolute atomic E-state index is 5.74. The van der Waals surface area contributed by atoms with Gasteiger partial charge >= 0.3 is 0 Å². The fourth-order valence-corrected chi connectivity index (χ4v) is 3.22. The number of tetrazole rings is 1. The van der Waals surface area contributed by atoms with Crippen LogP contribution in [0.1, 0.15) is 11.1 Å². The van der Waals surface area contributed by atoms with Gasteiger partial charge in [-0.3, -0.25) is 0 Å². The monoisotopic (exact) mass is 404 g/mol. The SMILES string of the molecule is Cc1ccc(-n2nnnc2SCCOc2cccc(Br)c2)cc1C. The molecular formula is C17H17BrN4OS. The van der Waals surface area contributed by atoms with Crippen molar-refractivity contribution in [3.8, 4) is 11.4 Å². The third-order valence-corrected chi connectivity index (χ3v) is 4.93. The molecule has 0 unspecified atom stereocenters. The van der Waals surface area contributed by atoms with Gasteiger partial charge in [0.1, 0.15) is 5.75 Å². The van der Waals surface area contributed by atoms with Gasteiger partial charge in [-0.05, 0) is 65.7 Å². The Labute approximate surface area is 153 Å². The van der Waals surface area contributed by atoms with Gasteiger partial charge in [0.25, 0.3) is 0 Å². The van der Waals surface area contributed by atoms with Gasteiger partial charge in [-0.1, -0.05) is 39.8 Å². The van der Waals surface area contributed by atoms with Gasteiger partial charge in [0, 0.05) is 10.2 Å². The summed E-state index contributed by atoms with van der Waals surface area (Å²) in [5, 5.41) is 12.8. The molecule has 124 valence electrons. The number of nitrogens with zero attached hydrogens (tertiary/aromatic N) is 4. The second-order valence-electron chi connectivity index (χ2n) is 5.30. The van der Waals surface area contributed by atoms with Crippen molar-refractivity contribution in [1.82, 2.24) is 20.2 Å². The van der Waals surface area contributed by atoms with E-state index in [1.165, 1.54) is 11.1 Å². The highest BCUT2D eigenvalue weighted by atomic mass is 79.9. The molecule has 0 saturated heterocycles. The van der Waals surface area contributed by atoms with E-state index in [0.717, 1.165) is 26.8 Å². The van der Waals surface area contributed by atoms with Crippen LogP contribution in [0.3, 0.4) is 0 Å². The zero-order chi connectivity index (χ0) is 16.9. The molecule has 0 fully saturated rings. The van der Waals surface area contributed by atoms with Gasteiger partial charge < -0.3 is 4.74 Å². The van der Waals surface area contributed by atoms with Gasteiger partial charge in [-0.15, -0.1) is 5.10 Å². The molecule has 0 bridgehead atoms. The first-order valence-electron chi connectivity index (χ1n) is 7.50. The average molecular weight is 405 g/mol. The molecule has 0 aliphatic heterocycles. The molecule has 7 heteroatoms. The molecule has 0 atom stereocenters. The van der Waals surface area contributed by atoms with Crippen LogP contribution in [0.5, 0.6) is 5.75 Å². The second-order valence-corrected chi connectivity index (χ2v) is 7.27. The lowest BCUT2D eigenvalue weighted by Crippen LogP contribution is -2.03. The lowest BCUT2D eigenvalue weighted by Gasteiger charge is -2.08. The smallest absolute Gasteiger partial charge is 0.214 e. The van der Waals surface area contributed by atoms with Crippen molar-refractivity contribution in [2.75, 3.05) is 12.4 Å². The Morgan fingerprint density at radius 3 is 2.79 bits per heavy atom. The van der Waals surface area contributed by atoms with E-state index in [-0.39, 0.29) is 0 Å². The third-order valence-electron chi connectivity index (χ3n) is 3.56. The first-order chi connectivity index (χ1) is 11.6. The van der Waals surface area contributed by atoms with Gasteiger partial charge in [0.2, 0.25) is 5.16 Å². The highest BCUT2D eigenvalue weighted by Crippen LogP contribution is 2.21. The molecule has 0 aliphatic rings. The van der Waals surface area contributed by atoms with E-state index in [9.17, 15) is 0 Å². The van der Waals surface area contributed by atoms with Crippen LogP contribution >= 0.6 is 27.7 Å². The molecule has 1 aromatic heterocycles. The summed E-state index contributed by atoms with van der Waals surface area (Å²) in [5.74, 6) is 1.61. The largest absolute Gasteiger partial charge is 0.493 e. The van der Waals surface area contributed by atoms with Crippen molar-refractivity contribution < 1.29 is 4.74 Å². The first-order valence-corrected chi connectivity index (χ1v) is 9.28. The van der Waals surface area contributed by atoms with Crippen LogP contribution in [0.2, 0.25) is 0 Å². The number of hydrogen-bond acceptors (Lipinski definition) is 5. The van der Waals surface area contributed by atoms with Crippen LogP contribution < -0.4 is 4.74 Å². The van der Waals surface area contributed by atoms with Gasteiger partial charge in [-0.25, -0.2) is 0 Å². The summed E-state index contributed by atoms with van der Waals surface area (Å²) in [6, 6.07) is 14.0. The van der Waals surface area contributed by atoms with Crippen LogP contribution in [0, 0.1) is 13.8 Å². The van der Waals surface area contributed by atoms with Crippen molar-refractivity contribution in [2.45, 2.75) is 19.0 Å². The van der Waals surface area contributed by atoms with E-state index in [0.29, 0.717) is 6.61 Å². The maximum Gasteiger partial charge on any atom is 0.214 e. The molecule has 1 heterocycles. The van der Waals surface area contributed by atoms with Crippen molar-refractivity contribution in [1.29, 1.82) is 0 Å². The Hall–Kier alpha value is -1.86. The van der Waals surface area contributed by atoms with Gasteiger partial charge in [-0.2, -0.15) is 4.68 Å². The zero-order valence-electron chi connectivity index (χ0n) is 13.4. The van der Waals surface area contributed by atoms with Crippen LogP contribution in [-0.2, 0) is 0 Å². The lowest BCUT2D eigenvalue weighted by atomic mass is 10.1. The summed E-state index contributed by atoms with van der Waals surface area (Å²) in [5.41, 5.74) is 3.44. The standard InChI is InChI=1S/C17H17BrN4OS/c1-12-6-7-15(10-13(12)2)22-17(19-20-21-22)24-9-8-23-16-5-3-4-14(18)11-16/h3-7,10-11H,8-9H2,1-2H3. The zero-order valence-corrected chi connectivity index (χ0v) is 15.8. The molecule has 3 rings (SSSR count). The van der Waals surface area contributed by atoms with Crippen molar-refractivity contribution >= 4 is 27.7 Å². The molecule has 0 N–H and O–H groups in total. The number of aromatic nitrogens is 4. The summed E-state index contributed by atoms with van der Waals surface area (Å²) >= 11 is 5.01. The van der Waals surface area contributed by atoms with E-state index in [1.807, 2.05) is 30.3 Å². The normalized spacial score (nSPS) is 10.8. The predicted octanol–water partition coefficient (Wildman–Crippen LogP) is 4.21. The summed E-state index contributed by atoms with van der Waals surface area (Å²) in [6.07, 6.45) is 0. The minimum Gasteiger partial charge on any atom is -0.493 e. The van der Waals surface area contributed by atoms with Crippen LogP contribution in [0.25, 0.3) is 5.69 Å². The summed E-state index contributed by atoms with van der Waals surface area (Å²) in [7, 11) is 0. The van der Waals surface area contributed by atoms with E-state index >= 15 is 0 Å². The highest BCUT2D eigenvalue weighted by molar-refractivity contribution is 9.10.